The van der Waals surface area contributed by atoms with E-state index in [0.717, 1.165) is 128 Å². The third-order valence-electron chi connectivity index (χ3n) is 11.7. The van der Waals surface area contributed by atoms with Gasteiger partial charge in [0.2, 0.25) is 0 Å². The molecule has 0 aliphatic heterocycles. The molecule has 0 rings (SSSR count). The topological polar surface area (TPSA) is 78.9 Å². The summed E-state index contributed by atoms with van der Waals surface area (Å²) in [5.41, 5.74) is 0. The maximum absolute atomic E-state index is 12.8. The van der Waals surface area contributed by atoms with E-state index in [4.69, 9.17) is 14.2 Å². The normalized spacial score (nSPS) is 13.0. The Labute approximate surface area is 431 Å². The van der Waals surface area contributed by atoms with Crippen molar-refractivity contribution in [2.45, 2.75) is 252 Å². The van der Waals surface area contributed by atoms with Crippen LogP contribution < -0.4 is 0 Å². The maximum atomic E-state index is 12.8. The monoisotopic (exact) mass is 969 g/mol. The van der Waals surface area contributed by atoms with E-state index in [2.05, 4.69) is 142 Å². The van der Waals surface area contributed by atoms with Crippen LogP contribution in [0.5, 0.6) is 0 Å². The Balaban J connectivity index is 4.41. The van der Waals surface area contributed by atoms with Gasteiger partial charge in [-0.05, 0) is 109 Å². The molecule has 0 heterocycles. The Hall–Kier alpha value is -4.19. The van der Waals surface area contributed by atoms with Crippen LogP contribution >= 0.6 is 0 Å². The van der Waals surface area contributed by atoms with Crippen LogP contribution in [-0.2, 0) is 28.6 Å². The van der Waals surface area contributed by atoms with Crippen molar-refractivity contribution in [1.29, 1.82) is 0 Å². The van der Waals surface area contributed by atoms with Gasteiger partial charge in [-0.3, -0.25) is 14.4 Å². The third-order valence-corrected chi connectivity index (χ3v) is 11.7. The molecule has 0 N–H and O–H groups in total. The number of hydrogen-bond acceptors (Lipinski definition) is 6. The van der Waals surface area contributed by atoms with E-state index in [1.54, 1.807) is 0 Å². The lowest BCUT2D eigenvalue weighted by molar-refractivity contribution is -0.167. The highest BCUT2D eigenvalue weighted by Gasteiger charge is 2.19. The number of unbranched alkanes of at least 4 members (excludes halogenated alkanes) is 19. The zero-order chi connectivity index (χ0) is 50.7. The van der Waals surface area contributed by atoms with Gasteiger partial charge in [0.15, 0.2) is 6.10 Å². The van der Waals surface area contributed by atoms with Gasteiger partial charge in [-0.25, -0.2) is 0 Å². The lowest BCUT2D eigenvalue weighted by Gasteiger charge is -2.18. The summed E-state index contributed by atoms with van der Waals surface area (Å²) in [6.07, 6.45) is 79.1. The fraction of sp³-hybridized carbons (Fsp3) is 0.641. The molecule has 0 spiro atoms. The lowest BCUT2D eigenvalue weighted by Crippen LogP contribution is -2.30. The van der Waals surface area contributed by atoms with Gasteiger partial charge in [-0.15, -0.1) is 0 Å². The van der Waals surface area contributed by atoms with Gasteiger partial charge in [0, 0.05) is 19.3 Å². The van der Waals surface area contributed by atoms with Gasteiger partial charge in [-0.1, -0.05) is 239 Å². The Kier molecular flexibility index (Phi) is 54.0. The van der Waals surface area contributed by atoms with Crippen LogP contribution in [0, 0.1) is 0 Å². The average molecular weight is 970 g/mol. The molecule has 1 unspecified atom stereocenters. The molecule has 1 atom stereocenters. The minimum Gasteiger partial charge on any atom is -0.462 e. The molecule has 0 fully saturated rings. The van der Waals surface area contributed by atoms with Gasteiger partial charge in [-0.2, -0.15) is 0 Å². The quantitative estimate of drug-likeness (QED) is 0.0262. The van der Waals surface area contributed by atoms with Gasteiger partial charge in [0.05, 0.1) is 0 Å². The molecule has 0 bridgehead atoms. The summed E-state index contributed by atoms with van der Waals surface area (Å²) in [5, 5.41) is 0. The van der Waals surface area contributed by atoms with E-state index in [1.807, 2.05) is 0 Å². The predicted octanol–water partition coefficient (Wildman–Crippen LogP) is 19.3. The number of esters is 3. The minimum absolute atomic E-state index is 0.0986. The van der Waals surface area contributed by atoms with E-state index in [1.165, 1.54) is 70.6 Å². The predicted molar refractivity (Wildman–Crippen MR) is 302 cm³/mol. The van der Waals surface area contributed by atoms with Crippen molar-refractivity contribution < 1.29 is 28.6 Å². The maximum Gasteiger partial charge on any atom is 0.306 e. The second kappa shape index (κ2) is 57.4. The number of carbonyl (C=O) groups is 3. The zero-order valence-corrected chi connectivity index (χ0v) is 45.2. The molecule has 70 heavy (non-hydrogen) atoms. The summed E-state index contributed by atoms with van der Waals surface area (Å²) in [4.78, 5) is 38.0. The van der Waals surface area contributed by atoms with E-state index in [0.29, 0.717) is 25.7 Å². The van der Waals surface area contributed by atoms with E-state index in [9.17, 15) is 14.4 Å². The van der Waals surface area contributed by atoms with Crippen molar-refractivity contribution in [3.63, 3.8) is 0 Å². The van der Waals surface area contributed by atoms with Crippen LogP contribution in [0.3, 0.4) is 0 Å². The van der Waals surface area contributed by atoms with Gasteiger partial charge >= 0.3 is 17.9 Å². The SMILES string of the molecule is CC/C=C\C/C=C\C/C=C\C/C=C\C/C=C\C/C=C\C/C=C\C/C=C\CCCCC(=O)OCC(COC(=O)CCCCCCCCCCCCC)OC(=O)CCCCCCC/C=C\C/C=C\CCCC. The molecular formula is C64H104O6. The second-order valence-electron chi connectivity index (χ2n) is 18.5. The highest BCUT2D eigenvalue weighted by Crippen LogP contribution is 2.14. The number of rotatable bonds is 50. The third kappa shape index (κ3) is 54.7. The second-order valence-corrected chi connectivity index (χ2v) is 18.5. The first-order valence-electron chi connectivity index (χ1n) is 28.5. The van der Waals surface area contributed by atoms with Gasteiger partial charge in [0.25, 0.3) is 0 Å². The van der Waals surface area contributed by atoms with Crippen LogP contribution in [0.2, 0.25) is 0 Å². The van der Waals surface area contributed by atoms with Crippen LogP contribution in [0.1, 0.15) is 245 Å². The molecule has 396 valence electrons. The van der Waals surface area contributed by atoms with Crippen molar-refractivity contribution in [3.05, 3.63) is 122 Å². The molecule has 0 radical (unpaired) electrons. The molecule has 0 aliphatic rings. The molecule has 0 amide bonds. The summed E-state index contributed by atoms with van der Waals surface area (Å²) >= 11 is 0. The van der Waals surface area contributed by atoms with Crippen LogP contribution in [0.4, 0.5) is 0 Å². The fourth-order valence-electron chi connectivity index (χ4n) is 7.41. The highest BCUT2D eigenvalue weighted by atomic mass is 16.6. The molecule has 0 saturated carbocycles. The lowest BCUT2D eigenvalue weighted by atomic mass is 10.1. The molecule has 6 heteroatoms. The van der Waals surface area contributed by atoms with E-state index < -0.39 is 6.10 Å². The van der Waals surface area contributed by atoms with Crippen LogP contribution in [-0.4, -0.2) is 37.2 Å². The summed E-state index contributed by atoms with van der Waals surface area (Å²) in [6, 6.07) is 0. The van der Waals surface area contributed by atoms with Crippen molar-refractivity contribution in [2.75, 3.05) is 13.2 Å². The van der Waals surface area contributed by atoms with Crippen molar-refractivity contribution in [2.24, 2.45) is 0 Å². The molecule has 0 aliphatic carbocycles. The largest absolute Gasteiger partial charge is 0.462 e. The average Bonchev–Trinajstić information content (AvgIpc) is 3.36. The molecule has 0 saturated heterocycles. The number of allylic oxidation sites excluding steroid dienone is 20. The van der Waals surface area contributed by atoms with Crippen LogP contribution in [0.25, 0.3) is 0 Å². The van der Waals surface area contributed by atoms with Crippen molar-refractivity contribution in [1.82, 2.24) is 0 Å². The highest BCUT2D eigenvalue weighted by molar-refractivity contribution is 5.71. The number of ether oxygens (including phenoxy) is 3. The van der Waals surface area contributed by atoms with Crippen molar-refractivity contribution in [3.8, 4) is 0 Å². The Bertz CT molecular complexity index is 1490. The first-order chi connectivity index (χ1) is 34.5. The molecule has 6 nitrogen and oxygen atoms in total. The zero-order valence-electron chi connectivity index (χ0n) is 45.2. The summed E-state index contributed by atoms with van der Waals surface area (Å²) < 4.78 is 16.8. The molecule has 0 aromatic rings. The van der Waals surface area contributed by atoms with E-state index >= 15 is 0 Å². The standard InChI is InChI=1S/C64H104O6/c1-4-7-10-13-16-19-22-24-26-27-28-29-30-31-32-33-34-35-36-37-38-40-42-45-48-51-54-57-63(66)69-60-61(59-68-62(65)56-53-50-47-44-41-21-18-15-12-9-6-3)70-64(67)58-55-52-49-46-43-39-25-23-20-17-14-11-8-5-2/h7,10,14,16-17,19,23-26,28-29,31-32,34-35,37-38,42,45,61H,4-6,8-9,11-13,15,18,20-22,27,30,33,36,39-41,43-44,46-60H2,1-3H3/b10-7-,17-14-,19-16-,25-23-,26-24-,29-28-,32-31-,35-34-,38-37-,45-42-. The van der Waals surface area contributed by atoms with Gasteiger partial charge in [0.1, 0.15) is 13.2 Å². The number of carbonyl (C=O) groups excluding carboxylic acids is 3. The Morgan fingerprint density at radius 3 is 0.943 bits per heavy atom. The summed E-state index contributed by atoms with van der Waals surface area (Å²) in [7, 11) is 0. The molecule has 0 aromatic carbocycles. The summed E-state index contributed by atoms with van der Waals surface area (Å²) in [6.45, 7) is 6.42. The Morgan fingerprint density at radius 1 is 0.300 bits per heavy atom. The Morgan fingerprint density at radius 2 is 0.571 bits per heavy atom. The van der Waals surface area contributed by atoms with Gasteiger partial charge < -0.3 is 14.2 Å². The molecular weight excluding hydrogens is 865 g/mol. The molecule has 0 aromatic heterocycles. The fourth-order valence-corrected chi connectivity index (χ4v) is 7.41. The number of hydrogen-bond donors (Lipinski definition) is 0. The van der Waals surface area contributed by atoms with Crippen LogP contribution in [0.15, 0.2) is 122 Å². The minimum atomic E-state index is -0.804. The van der Waals surface area contributed by atoms with E-state index in [-0.39, 0.29) is 31.1 Å². The summed E-state index contributed by atoms with van der Waals surface area (Å²) in [5.74, 6) is -0.962. The smallest absolute Gasteiger partial charge is 0.306 e. The first-order valence-corrected chi connectivity index (χ1v) is 28.5. The first kappa shape index (κ1) is 65.8. The van der Waals surface area contributed by atoms with Crippen molar-refractivity contribution >= 4 is 17.9 Å².